The Bertz CT molecular complexity index is 492. The zero-order valence-electron chi connectivity index (χ0n) is 10.1. The van der Waals surface area contributed by atoms with Gasteiger partial charge in [0.05, 0.1) is 13.4 Å². The van der Waals surface area contributed by atoms with Crippen LogP contribution in [0.25, 0.3) is 0 Å². The average Bonchev–Trinajstić information content (AvgIpc) is 2.81. The highest BCUT2D eigenvalue weighted by Gasteiger charge is 2.06. The highest BCUT2D eigenvalue weighted by Crippen LogP contribution is 2.29. The molecule has 0 saturated heterocycles. The van der Waals surface area contributed by atoms with Crippen molar-refractivity contribution in [2.45, 2.75) is 19.9 Å². The van der Waals surface area contributed by atoms with Crippen molar-refractivity contribution in [2.24, 2.45) is 0 Å². The Kier molecular flexibility index (Phi) is 3.32. The molecule has 0 aliphatic carbocycles. The van der Waals surface area contributed by atoms with Crippen LogP contribution in [0.15, 0.2) is 30.9 Å². The van der Waals surface area contributed by atoms with Gasteiger partial charge in [-0.1, -0.05) is 0 Å². The van der Waals surface area contributed by atoms with Crippen LogP contribution in [0.2, 0.25) is 0 Å². The van der Waals surface area contributed by atoms with Gasteiger partial charge in [0.2, 0.25) is 0 Å². The van der Waals surface area contributed by atoms with Gasteiger partial charge in [0, 0.05) is 18.9 Å². The standard InChI is InChI=1S/C13H16N2O2/c1-10-7-12(16)13(17-2)8-11(10)3-5-15-6-4-14-9-15/h4,6-9,16H,3,5H2,1-2H3. The molecule has 0 spiro atoms. The van der Waals surface area contributed by atoms with Crippen LogP contribution >= 0.6 is 0 Å². The molecule has 4 nitrogen and oxygen atoms in total. The number of phenols is 1. The highest BCUT2D eigenvalue weighted by molar-refractivity contribution is 5.46. The van der Waals surface area contributed by atoms with Gasteiger partial charge in [0.15, 0.2) is 11.5 Å². The number of imidazole rings is 1. The minimum absolute atomic E-state index is 0.191. The van der Waals surface area contributed by atoms with Gasteiger partial charge >= 0.3 is 0 Å². The van der Waals surface area contributed by atoms with Crippen molar-refractivity contribution in [1.29, 1.82) is 0 Å². The molecule has 0 aliphatic rings. The number of ether oxygens (including phenoxy) is 1. The Morgan fingerprint density at radius 1 is 1.41 bits per heavy atom. The molecule has 4 heteroatoms. The molecule has 0 aliphatic heterocycles. The molecule has 2 rings (SSSR count). The summed E-state index contributed by atoms with van der Waals surface area (Å²) in [6, 6.07) is 3.63. The van der Waals surface area contributed by atoms with Crippen LogP contribution in [0.1, 0.15) is 11.1 Å². The lowest BCUT2D eigenvalue weighted by Gasteiger charge is -2.10. The Hall–Kier alpha value is -1.97. The lowest BCUT2D eigenvalue weighted by Crippen LogP contribution is -2.00. The molecule has 17 heavy (non-hydrogen) atoms. The minimum Gasteiger partial charge on any atom is -0.504 e. The topological polar surface area (TPSA) is 47.3 Å². The Morgan fingerprint density at radius 3 is 2.88 bits per heavy atom. The predicted molar refractivity (Wildman–Crippen MR) is 65.3 cm³/mol. The van der Waals surface area contributed by atoms with Crippen LogP contribution in [0.5, 0.6) is 11.5 Å². The second kappa shape index (κ2) is 4.91. The molecule has 0 radical (unpaired) electrons. The number of benzene rings is 1. The number of methoxy groups -OCH3 is 1. The van der Waals surface area contributed by atoms with Crippen molar-refractivity contribution >= 4 is 0 Å². The number of hydrogen-bond donors (Lipinski definition) is 1. The van der Waals surface area contributed by atoms with Gasteiger partial charge in [0.25, 0.3) is 0 Å². The molecule has 0 unspecified atom stereocenters. The molecule has 1 heterocycles. The smallest absolute Gasteiger partial charge is 0.160 e. The van der Waals surface area contributed by atoms with Crippen LogP contribution < -0.4 is 4.74 Å². The fourth-order valence-electron chi connectivity index (χ4n) is 1.82. The van der Waals surface area contributed by atoms with Gasteiger partial charge in [-0.3, -0.25) is 0 Å². The molecule has 0 fully saturated rings. The second-order valence-corrected chi connectivity index (χ2v) is 4.00. The van der Waals surface area contributed by atoms with Crippen molar-refractivity contribution in [2.75, 3.05) is 7.11 Å². The third kappa shape index (κ3) is 2.58. The molecule has 1 N–H and O–H groups in total. The quantitative estimate of drug-likeness (QED) is 0.878. The number of phenolic OH excluding ortho intramolecular Hbond substituents is 1. The summed E-state index contributed by atoms with van der Waals surface area (Å²) in [7, 11) is 1.56. The molecule has 2 aromatic rings. The van der Waals surface area contributed by atoms with Gasteiger partial charge in [-0.25, -0.2) is 4.98 Å². The van der Waals surface area contributed by atoms with Crippen molar-refractivity contribution in [3.05, 3.63) is 42.0 Å². The number of nitrogens with zero attached hydrogens (tertiary/aromatic N) is 2. The summed E-state index contributed by atoms with van der Waals surface area (Å²) in [5.74, 6) is 0.715. The van der Waals surface area contributed by atoms with Crippen molar-refractivity contribution in [3.63, 3.8) is 0 Å². The second-order valence-electron chi connectivity index (χ2n) is 4.00. The van der Waals surface area contributed by atoms with E-state index >= 15 is 0 Å². The zero-order chi connectivity index (χ0) is 12.3. The Labute approximate surface area is 100 Å². The van der Waals surface area contributed by atoms with E-state index in [0.29, 0.717) is 5.75 Å². The van der Waals surface area contributed by atoms with Crippen molar-refractivity contribution in [1.82, 2.24) is 9.55 Å². The fourth-order valence-corrected chi connectivity index (χ4v) is 1.82. The van der Waals surface area contributed by atoms with Crippen LogP contribution in [0.4, 0.5) is 0 Å². The summed E-state index contributed by atoms with van der Waals surface area (Å²) >= 11 is 0. The SMILES string of the molecule is COc1cc(CCn2ccnc2)c(C)cc1O. The van der Waals surface area contributed by atoms with E-state index in [1.807, 2.05) is 23.8 Å². The Morgan fingerprint density at radius 2 is 2.24 bits per heavy atom. The first-order valence-electron chi connectivity index (χ1n) is 5.53. The van der Waals surface area contributed by atoms with Crippen molar-refractivity contribution < 1.29 is 9.84 Å². The normalized spacial score (nSPS) is 10.5. The first-order valence-corrected chi connectivity index (χ1v) is 5.53. The maximum absolute atomic E-state index is 9.63. The highest BCUT2D eigenvalue weighted by atomic mass is 16.5. The molecule has 0 amide bonds. The number of aromatic nitrogens is 2. The number of hydrogen-bond acceptors (Lipinski definition) is 3. The van der Waals surface area contributed by atoms with Crippen LogP contribution in [0, 0.1) is 6.92 Å². The summed E-state index contributed by atoms with van der Waals surface area (Å²) in [6.07, 6.45) is 6.39. The summed E-state index contributed by atoms with van der Waals surface area (Å²) in [4.78, 5) is 4.00. The number of rotatable bonds is 4. The lowest BCUT2D eigenvalue weighted by atomic mass is 10.0. The van der Waals surface area contributed by atoms with Gasteiger partial charge in [0.1, 0.15) is 0 Å². The first-order chi connectivity index (χ1) is 8.20. The molecule has 0 atom stereocenters. The van der Waals surface area contributed by atoms with Crippen LogP contribution in [0.3, 0.4) is 0 Å². The van der Waals surface area contributed by atoms with E-state index in [9.17, 15) is 5.11 Å². The van der Waals surface area contributed by atoms with E-state index in [0.717, 1.165) is 18.5 Å². The fraction of sp³-hybridized carbons (Fsp3) is 0.308. The van der Waals surface area contributed by atoms with Gasteiger partial charge in [-0.05, 0) is 36.6 Å². The van der Waals surface area contributed by atoms with Crippen LogP contribution in [-0.2, 0) is 13.0 Å². The van der Waals surface area contributed by atoms with Gasteiger partial charge in [-0.15, -0.1) is 0 Å². The van der Waals surface area contributed by atoms with Gasteiger partial charge < -0.3 is 14.4 Å². The average molecular weight is 232 g/mol. The largest absolute Gasteiger partial charge is 0.504 e. The summed E-state index contributed by atoms with van der Waals surface area (Å²) in [5.41, 5.74) is 2.25. The maximum Gasteiger partial charge on any atom is 0.160 e. The maximum atomic E-state index is 9.63. The van der Waals surface area contributed by atoms with Crippen LogP contribution in [-0.4, -0.2) is 21.8 Å². The molecule has 90 valence electrons. The lowest BCUT2D eigenvalue weighted by molar-refractivity contribution is 0.372. The van der Waals surface area contributed by atoms with Crippen molar-refractivity contribution in [3.8, 4) is 11.5 Å². The van der Waals surface area contributed by atoms with E-state index in [1.54, 1.807) is 25.7 Å². The van der Waals surface area contributed by atoms with Gasteiger partial charge in [-0.2, -0.15) is 0 Å². The Balaban J connectivity index is 2.15. The third-order valence-corrected chi connectivity index (χ3v) is 2.84. The number of aryl methyl sites for hydroxylation is 3. The van der Waals surface area contributed by atoms with E-state index in [-0.39, 0.29) is 5.75 Å². The third-order valence-electron chi connectivity index (χ3n) is 2.84. The molecule has 0 saturated carbocycles. The number of aromatic hydroxyl groups is 1. The monoisotopic (exact) mass is 232 g/mol. The molecule has 0 bridgehead atoms. The summed E-state index contributed by atoms with van der Waals surface area (Å²) < 4.78 is 7.14. The zero-order valence-corrected chi connectivity index (χ0v) is 10.1. The molecular weight excluding hydrogens is 216 g/mol. The minimum atomic E-state index is 0.191. The molecule has 1 aromatic carbocycles. The summed E-state index contributed by atoms with van der Waals surface area (Å²) in [6.45, 7) is 2.86. The summed E-state index contributed by atoms with van der Waals surface area (Å²) in [5, 5.41) is 9.63. The predicted octanol–water partition coefficient (Wildman–Crippen LogP) is 2.15. The van der Waals surface area contributed by atoms with E-state index in [2.05, 4.69) is 4.98 Å². The van der Waals surface area contributed by atoms with E-state index < -0.39 is 0 Å². The molecular formula is C13H16N2O2. The first kappa shape index (κ1) is 11.5. The molecule has 1 aromatic heterocycles. The van der Waals surface area contributed by atoms with E-state index in [1.165, 1.54) is 5.56 Å². The van der Waals surface area contributed by atoms with E-state index in [4.69, 9.17) is 4.74 Å².